The standard InChI is InChI=1S/C22H18ClF3N2O3S/c23-16-6-8-17(9-7-16)32(30,31)28(13-12-15-4-2-1-3-5-15)14-20(29)27-19-11-10-18(24)21(25)22(19)26/h1-11H,12-14H2,(H,27,29). The zero-order chi connectivity index (χ0) is 23.3. The Bertz CT molecular complexity index is 1210. The quantitative estimate of drug-likeness (QED) is 0.476. The van der Waals surface area contributed by atoms with Crippen LogP contribution in [0, 0.1) is 17.5 Å². The smallest absolute Gasteiger partial charge is 0.243 e. The third-order valence-electron chi connectivity index (χ3n) is 4.57. The summed E-state index contributed by atoms with van der Waals surface area (Å²) in [4.78, 5) is 12.4. The molecule has 0 saturated heterocycles. The van der Waals surface area contributed by atoms with Gasteiger partial charge in [-0.05, 0) is 48.4 Å². The van der Waals surface area contributed by atoms with Crippen molar-refractivity contribution >= 4 is 33.2 Å². The largest absolute Gasteiger partial charge is 0.322 e. The summed E-state index contributed by atoms with van der Waals surface area (Å²) in [7, 11) is -4.11. The Kier molecular flexibility index (Phi) is 7.55. The molecule has 10 heteroatoms. The van der Waals surface area contributed by atoms with Gasteiger partial charge in [0.05, 0.1) is 17.1 Å². The fraction of sp³-hybridized carbons (Fsp3) is 0.136. The first-order chi connectivity index (χ1) is 15.2. The van der Waals surface area contributed by atoms with E-state index in [2.05, 4.69) is 5.32 Å². The van der Waals surface area contributed by atoms with Gasteiger partial charge in [-0.3, -0.25) is 4.79 Å². The van der Waals surface area contributed by atoms with Gasteiger partial charge in [0.25, 0.3) is 0 Å². The van der Waals surface area contributed by atoms with Gasteiger partial charge in [0.1, 0.15) is 0 Å². The summed E-state index contributed by atoms with van der Waals surface area (Å²) in [6.45, 7) is -0.723. The number of carbonyl (C=O) groups is 1. The molecule has 0 aliphatic carbocycles. The molecule has 32 heavy (non-hydrogen) atoms. The van der Waals surface area contributed by atoms with Crippen LogP contribution in [0.25, 0.3) is 0 Å². The van der Waals surface area contributed by atoms with Crippen LogP contribution in [0.3, 0.4) is 0 Å². The molecular weight excluding hydrogens is 465 g/mol. The highest BCUT2D eigenvalue weighted by atomic mass is 35.5. The number of halogens is 4. The fourth-order valence-electron chi connectivity index (χ4n) is 2.91. The number of benzene rings is 3. The van der Waals surface area contributed by atoms with Gasteiger partial charge in [-0.2, -0.15) is 4.31 Å². The molecule has 0 aromatic heterocycles. The molecule has 0 saturated carbocycles. The predicted molar refractivity (Wildman–Crippen MR) is 115 cm³/mol. The van der Waals surface area contributed by atoms with Crippen LogP contribution in [-0.4, -0.2) is 31.7 Å². The molecule has 0 aliphatic heterocycles. The maximum Gasteiger partial charge on any atom is 0.243 e. The molecular formula is C22H18ClF3N2O3S. The van der Waals surface area contributed by atoms with Crippen molar-refractivity contribution in [3.63, 3.8) is 0 Å². The van der Waals surface area contributed by atoms with E-state index in [1.54, 1.807) is 12.1 Å². The first-order valence-electron chi connectivity index (χ1n) is 9.41. The summed E-state index contributed by atoms with van der Waals surface area (Å²) in [5.41, 5.74) is 0.247. The van der Waals surface area contributed by atoms with Gasteiger partial charge in [-0.15, -0.1) is 0 Å². The van der Waals surface area contributed by atoms with Crippen molar-refractivity contribution in [3.8, 4) is 0 Å². The van der Waals surface area contributed by atoms with Gasteiger partial charge in [0.15, 0.2) is 17.5 Å². The molecule has 0 radical (unpaired) electrons. The number of amides is 1. The molecule has 0 fully saturated rings. The number of nitrogens with one attached hydrogen (secondary N) is 1. The summed E-state index contributed by atoms with van der Waals surface area (Å²) in [5, 5.41) is 2.43. The van der Waals surface area contributed by atoms with E-state index in [4.69, 9.17) is 11.6 Å². The maximum atomic E-state index is 13.9. The molecule has 0 aliphatic rings. The number of rotatable bonds is 8. The number of hydrogen-bond donors (Lipinski definition) is 1. The predicted octanol–water partition coefficient (Wildman–Crippen LogP) is 4.63. The van der Waals surface area contributed by atoms with Crippen molar-refractivity contribution in [1.82, 2.24) is 4.31 Å². The molecule has 5 nitrogen and oxygen atoms in total. The highest BCUT2D eigenvalue weighted by Crippen LogP contribution is 2.21. The lowest BCUT2D eigenvalue weighted by Gasteiger charge is -2.22. The van der Waals surface area contributed by atoms with E-state index < -0.39 is 45.6 Å². The molecule has 168 valence electrons. The van der Waals surface area contributed by atoms with Gasteiger partial charge < -0.3 is 5.32 Å². The zero-order valence-electron chi connectivity index (χ0n) is 16.6. The van der Waals surface area contributed by atoms with E-state index in [1.165, 1.54) is 24.3 Å². The molecule has 0 bridgehead atoms. The van der Waals surface area contributed by atoms with Gasteiger partial charge in [0, 0.05) is 11.6 Å². The van der Waals surface area contributed by atoms with Gasteiger partial charge in [-0.25, -0.2) is 21.6 Å². The maximum absolute atomic E-state index is 13.9. The average Bonchev–Trinajstić information content (AvgIpc) is 2.78. The molecule has 0 spiro atoms. The lowest BCUT2D eigenvalue weighted by Crippen LogP contribution is -2.39. The Morgan fingerprint density at radius 2 is 1.56 bits per heavy atom. The first-order valence-corrected chi connectivity index (χ1v) is 11.2. The Hall–Kier alpha value is -2.88. The molecule has 3 rings (SSSR count). The Morgan fingerprint density at radius 1 is 0.906 bits per heavy atom. The van der Waals surface area contributed by atoms with E-state index in [0.29, 0.717) is 17.5 Å². The molecule has 1 N–H and O–H groups in total. The molecule has 3 aromatic rings. The van der Waals surface area contributed by atoms with Gasteiger partial charge in [0.2, 0.25) is 15.9 Å². The lowest BCUT2D eigenvalue weighted by molar-refractivity contribution is -0.116. The highest BCUT2D eigenvalue weighted by molar-refractivity contribution is 7.89. The Labute approximate surface area is 188 Å². The second kappa shape index (κ2) is 10.2. The number of sulfonamides is 1. The third-order valence-corrected chi connectivity index (χ3v) is 6.68. The van der Waals surface area contributed by atoms with Crippen molar-refractivity contribution in [3.05, 3.63) is 94.8 Å². The Morgan fingerprint density at radius 3 is 2.22 bits per heavy atom. The minimum atomic E-state index is -4.11. The van der Waals surface area contributed by atoms with E-state index >= 15 is 0 Å². The molecule has 3 aromatic carbocycles. The van der Waals surface area contributed by atoms with E-state index in [9.17, 15) is 26.4 Å². The summed E-state index contributed by atoms with van der Waals surface area (Å²) in [6, 6.07) is 16.0. The van der Waals surface area contributed by atoms with Gasteiger partial charge in [-0.1, -0.05) is 41.9 Å². The summed E-state index contributed by atoms with van der Waals surface area (Å²) in [6.07, 6.45) is 0.306. The van der Waals surface area contributed by atoms with Crippen molar-refractivity contribution in [1.29, 1.82) is 0 Å². The van der Waals surface area contributed by atoms with Crippen LogP contribution in [0.1, 0.15) is 5.56 Å². The normalized spacial score (nSPS) is 11.5. The number of anilines is 1. The van der Waals surface area contributed by atoms with E-state index in [0.717, 1.165) is 15.9 Å². The van der Waals surface area contributed by atoms with Crippen LogP contribution < -0.4 is 5.32 Å². The Balaban J connectivity index is 1.83. The van der Waals surface area contributed by atoms with Crippen LogP contribution in [0.5, 0.6) is 0 Å². The molecule has 0 heterocycles. The first kappa shape index (κ1) is 23.8. The van der Waals surface area contributed by atoms with Crippen molar-refractivity contribution in [2.24, 2.45) is 0 Å². The highest BCUT2D eigenvalue weighted by Gasteiger charge is 2.27. The number of hydrogen-bond acceptors (Lipinski definition) is 3. The van der Waals surface area contributed by atoms with Crippen molar-refractivity contribution < 1.29 is 26.4 Å². The second-order valence-corrected chi connectivity index (χ2v) is 9.17. The monoisotopic (exact) mass is 482 g/mol. The van der Waals surface area contributed by atoms with Crippen LogP contribution in [-0.2, 0) is 21.2 Å². The van der Waals surface area contributed by atoms with E-state index in [1.807, 2.05) is 18.2 Å². The van der Waals surface area contributed by atoms with Crippen LogP contribution in [0.15, 0.2) is 71.6 Å². The fourth-order valence-corrected chi connectivity index (χ4v) is 4.43. The number of carbonyl (C=O) groups excluding carboxylic acids is 1. The zero-order valence-corrected chi connectivity index (χ0v) is 18.1. The van der Waals surface area contributed by atoms with Crippen molar-refractivity contribution in [2.75, 3.05) is 18.4 Å². The minimum Gasteiger partial charge on any atom is -0.322 e. The average molecular weight is 483 g/mol. The van der Waals surface area contributed by atoms with Crippen LogP contribution >= 0.6 is 11.6 Å². The summed E-state index contributed by atoms with van der Waals surface area (Å²) >= 11 is 5.83. The molecule has 0 unspecified atom stereocenters. The van der Waals surface area contributed by atoms with Crippen LogP contribution in [0.4, 0.5) is 18.9 Å². The van der Waals surface area contributed by atoms with Crippen LogP contribution in [0.2, 0.25) is 5.02 Å². The SMILES string of the molecule is O=C(CN(CCc1ccccc1)S(=O)(=O)c1ccc(Cl)cc1)Nc1ccc(F)c(F)c1F. The molecule has 0 atom stereocenters. The topological polar surface area (TPSA) is 66.5 Å². The van der Waals surface area contributed by atoms with Crippen molar-refractivity contribution in [2.45, 2.75) is 11.3 Å². The molecule has 1 amide bonds. The van der Waals surface area contributed by atoms with E-state index in [-0.39, 0.29) is 11.4 Å². The third kappa shape index (κ3) is 5.67. The number of nitrogens with zero attached hydrogens (tertiary/aromatic N) is 1. The minimum absolute atomic E-state index is 0.0529. The summed E-state index contributed by atoms with van der Waals surface area (Å²) in [5.74, 6) is -5.64. The van der Waals surface area contributed by atoms with Gasteiger partial charge >= 0.3 is 0 Å². The second-order valence-electron chi connectivity index (χ2n) is 6.80. The summed E-state index contributed by atoms with van der Waals surface area (Å²) < 4.78 is 67.6. The lowest BCUT2D eigenvalue weighted by atomic mass is 10.1.